The number of anilines is 2. The number of piperazine rings is 1. The van der Waals surface area contributed by atoms with E-state index in [2.05, 4.69) is 57.4 Å². The van der Waals surface area contributed by atoms with E-state index in [1.54, 1.807) is 12.1 Å². The molecule has 36 heavy (non-hydrogen) atoms. The smallest absolute Gasteiger partial charge is 0.243 e. The van der Waals surface area contributed by atoms with Crippen LogP contribution in [-0.2, 0) is 4.79 Å². The van der Waals surface area contributed by atoms with E-state index in [-0.39, 0.29) is 42.2 Å². The van der Waals surface area contributed by atoms with E-state index >= 15 is 0 Å². The highest BCUT2D eigenvalue weighted by Crippen LogP contribution is 2.35. The van der Waals surface area contributed by atoms with E-state index in [1.807, 2.05) is 13.8 Å². The van der Waals surface area contributed by atoms with Crippen molar-refractivity contribution in [2.75, 3.05) is 43.7 Å². The number of halogens is 1. The number of hydrogen-bond acceptors (Lipinski definition) is 8. The topological polar surface area (TPSA) is 92.3 Å². The minimum atomic E-state index is -0.793. The number of para-hydroxylation sites is 1. The van der Waals surface area contributed by atoms with Gasteiger partial charge in [-0.1, -0.05) is 18.2 Å². The van der Waals surface area contributed by atoms with E-state index in [0.29, 0.717) is 5.75 Å². The number of hydrogen-bond donors (Lipinski definition) is 4. The molecule has 1 amide bonds. The van der Waals surface area contributed by atoms with Crippen LogP contribution in [-0.4, -0.2) is 73.4 Å². The zero-order valence-corrected chi connectivity index (χ0v) is 21.2. The highest BCUT2D eigenvalue weighted by atomic mass is 19.1. The van der Waals surface area contributed by atoms with E-state index in [1.165, 1.54) is 18.2 Å². The van der Waals surface area contributed by atoms with Gasteiger partial charge in [-0.05, 0) is 50.7 Å². The monoisotopic (exact) mass is 498 g/mol. The molecule has 3 fully saturated rings. The quantitative estimate of drug-likeness (QED) is 0.494. The standard InChI is InChI=1S/C26H35FN6O3/c1-26(2,35)21-15-32(13-12-31(21)3)17-10-8-16(9-11-17)23-24-19(28-29-23)14-22(34)33(30-24)25-18(27)6-5-7-20(25)36-4/h5-11,19,21,23-24,28-30,35H,12-15H2,1-4H3. The maximum Gasteiger partial charge on any atom is 0.243 e. The van der Waals surface area contributed by atoms with E-state index in [9.17, 15) is 14.3 Å². The van der Waals surface area contributed by atoms with Crippen molar-refractivity contribution in [3.63, 3.8) is 0 Å². The van der Waals surface area contributed by atoms with Gasteiger partial charge in [-0.25, -0.2) is 20.3 Å². The van der Waals surface area contributed by atoms with Crippen LogP contribution in [0.2, 0.25) is 0 Å². The minimum absolute atomic E-state index is 0.0396. The number of nitrogens with zero attached hydrogens (tertiary/aromatic N) is 3. The van der Waals surface area contributed by atoms with Gasteiger partial charge in [0.1, 0.15) is 11.4 Å². The predicted octanol–water partition coefficient (Wildman–Crippen LogP) is 1.55. The third-order valence-electron chi connectivity index (χ3n) is 7.61. The van der Waals surface area contributed by atoms with E-state index in [0.717, 1.165) is 30.9 Å². The van der Waals surface area contributed by atoms with Crippen molar-refractivity contribution in [1.82, 2.24) is 21.2 Å². The number of methoxy groups -OCH3 is 1. The fourth-order valence-corrected chi connectivity index (χ4v) is 5.57. The predicted molar refractivity (Wildman–Crippen MR) is 136 cm³/mol. The average Bonchev–Trinajstić information content (AvgIpc) is 3.25. The van der Waals surface area contributed by atoms with Crippen molar-refractivity contribution in [1.29, 1.82) is 0 Å². The van der Waals surface area contributed by atoms with Gasteiger partial charge in [0, 0.05) is 37.8 Å². The third kappa shape index (κ3) is 4.55. The molecule has 9 nitrogen and oxygen atoms in total. The van der Waals surface area contributed by atoms with Crippen LogP contribution in [0, 0.1) is 5.82 Å². The lowest BCUT2D eigenvalue weighted by Gasteiger charge is -2.45. The molecule has 0 bridgehead atoms. The largest absolute Gasteiger partial charge is 0.494 e. The molecule has 0 saturated carbocycles. The molecule has 2 aromatic carbocycles. The molecule has 10 heteroatoms. The number of aliphatic hydroxyl groups is 1. The number of rotatable bonds is 5. The molecular weight excluding hydrogens is 463 g/mol. The number of likely N-dealkylation sites (N-methyl/N-ethyl adjacent to an activating group) is 1. The number of benzene rings is 2. The zero-order valence-electron chi connectivity index (χ0n) is 21.2. The Morgan fingerprint density at radius 2 is 1.86 bits per heavy atom. The first-order chi connectivity index (χ1) is 17.2. The number of carbonyl (C=O) groups is 1. The molecule has 0 aliphatic carbocycles. The summed E-state index contributed by atoms with van der Waals surface area (Å²) in [6.45, 7) is 6.23. The first-order valence-corrected chi connectivity index (χ1v) is 12.4. The van der Waals surface area contributed by atoms with Crippen LogP contribution in [0.15, 0.2) is 42.5 Å². The summed E-state index contributed by atoms with van der Waals surface area (Å²) in [7, 11) is 3.52. The summed E-state index contributed by atoms with van der Waals surface area (Å²) in [5.41, 5.74) is 11.2. The summed E-state index contributed by atoms with van der Waals surface area (Å²) in [5, 5.41) is 11.9. The fourth-order valence-electron chi connectivity index (χ4n) is 5.57. The van der Waals surface area contributed by atoms with Crippen molar-refractivity contribution in [3.05, 3.63) is 53.8 Å². The molecule has 4 atom stereocenters. The molecule has 4 unspecified atom stereocenters. The van der Waals surface area contributed by atoms with Crippen LogP contribution in [0.1, 0.15) is 31.9 Å². The van der Waals surface area contributed by atoms with Gasteiger partial charge in [0.15, 0.2) is 5.82 Å². The van der Waals surface area contributed by atoms with Gasteiger partial charge in [-0.3, -0.25) is 15.1 Å². The van der Waals surface area contributed by atoms with E-state index in [4.69, 9.17) is 4.74 Å². The van der Waals surface area contributed by atoms with Gasteiger partial charge in [-0.2, -0.15) is 0 Å². The molecule has 0 radical (unpaired) electrons. The van der Waals surface area contributed by atoms with Gasteiger partial charge < -0.3 is 14.7 Å². The summed E-state index contributed by atoms with van der Waals surface area (Å²) in [4.78, 5) is 17.4. The summed E-state index contributed by atoms with van der Waals surface area (Å²) in [5.74, 6) is -0.461. The van der Waals surface area contributed by atoms with Crippen molar-refractivity contribution >= 4 is 17.3 Å². The lowest BCUT2D eigenvalue weighted by Crippen LogP contribution is -2.60. The van der Waals surface area contributed by atoms with Gasteiger partial charge in [0.2, 0.25) is 5.91 Å². The molecule has 2 aromatic rings. The SMILES string of the molecule is COc1cccc(F)c1N1NC2C(CC1=O)NNC2c1ccc(N2CCN(C)C(C(C)(C)O)C2)cc1. The second-order valence-electron chi connectivity index (χ2n) is 10.4. The van der Waals surface area contributed by atoms with Crippen LogP contribution in [0.4, 0.5) is 15.8 Å². The van der Waals surface area contributed by atoms with Crippen molar-refractivity contribution < 1.29 is 19.0 Å². The Labute approximate surface area is 211 Å². The Morgan fingerprint density at radius 3 is 2.56 bits per heavy atom. The Bertz CT molecular complexity index is 1110. The number of nitrogens with one attached hydrogen (secondary N) is 3. The van der Waals surface area contributed by atoms with Gasteiger partial charge in [0.05, 0.1) is 30.8 Å². The lowest BCUT2D eigenvalue weighted by atomic mass is 9.92. The Morgan fingerprint density at radius 1 is 1.11 bits per heavy atom. The number of ether oxygens (including phenoxy) is 1. The lowest BCUT2D eigenvalue weighted by molar-refractivity contribution is -0.121. The summed E-state index contributed by atoms with van der Waals surface area (Å²) in [6.07, 6.45) is 0.219. The number of hydrazine groups is 2. The minimum Gasteiger partial charge on any atom is -0.494 e. The molecule has 5 rings (SSSR count). The fraction of sp³-hybridized carbons (Fsp3) is 0.500. The highest BCUT2D eigenvalue weighted by Gasteiger charge is 2.45. The molecule has 4 N–H and O–H groups in total. The third-order valence-corrected chi connectivity index (χ3v) is 7.61. The van der Waals surface area contributed by atoms with Crippen LogP contribution in [0.5, 0.6) is 5.75 Å². The molecular formula is C26H35FN6O3. The number of amides is 1. The van der Waals surface area contributed by atoms with Crippen LogP contribution in [0.3, 0.4) is 0 Å². The normalized spacial score (nSPS) is 27.3. The first-order valence-electron chi connectivity index (χ1n) is 12.4. The van der Waals surface area contributed by atoms with Crippen LogP contribution >= 0.6 is 0 Å². The Hall–Kier alpha value is -2.76. The molecule has 0 aromatic heterocycles. The summed E-state index contributed by atoms with van der Waals surface area (Å²) >= 11 is 0. The molecule has 0 spiro atoms. The first kappa shape index (κ1) is 24.9. The summed E-state index contributed by atoms with van der Waals surface area (Å²) in [6, 6.07) is 12.5. The van der Waals surface area contributed by atoms with Crippen molar-refractivity contribution in [2.45, 2.75) is 50.0 Å². The van der Waals surface area contributed by atoms with Gasteiger partial charge in [-0.15, -0.1) is 0 Å². The molecule has 3 aliphatic rings. The maximum absolute atomic E-state index is 14.7. The Kier molecular flexibility index (Phi) is 6.65. The number of carbonyl (C=O) groups excluding carboxylic acids is 1. The van der Waals surface area contributed by atoms with Crippen molar-refractivity contribution in [2.24, 2.45) is 0 Å². The number of fused-ring (bicyclic) bond motifs is 1. The Balaban J connectivity index is 1.34. The highest BCUT2D eigenvalue weighted by molar-refractivity contribution is 5.95. The second kappa shape index (κ2) is 9.60. The van der Waals surface area contributed by atoms with Crippen molar-refractivity contribution in [3.8, 4) is 5.75 Å². The maximum atomic E-state index is 14.7. The molecule has 194 valence electrons. The zero-order chi connectivity index (χ0) is 25.6. The molecule has 3 aliphatic heterocycles. The van der Waals surface area contributed by atoms with E-state index < -0.39 is 11.4 Å². The second-order valence-corrected chi connectivity index (χ2v) is 10.4. The van der Waals surface area contributed by atoms with Crippen LogP contribution in [0.25, 0.3) is 0 Å². The molecule has 3 saturated heterocycles. The summed E-state index contributed by atoms with van der Waals surface area (Å²) < 4.78 is 20.1. The van der Waals surface area contributed by atoms with Crippen LogP contribution < -0.4 is 30.9 Å². The van der Waals surface area contributed by atoms with Gasteiger partial charge in [0.25, 0.3) is 0 Å². The average molecular weight is 499 g/mol. The van der Waals surface area contributed by atoms with Gasteiger partial charge >= 0.3 is 0 Å². The molecule has 3 heterocycles.